The normalized spacial score (nSPS) is 22.8. The molecule has 1 aliphatic heterocycles. The first kappa shape index (κ1) is 14.3. The molecule has 3 N–H and O–H groups in total. The van der Waals surface area contributed by atoms with Gasteiger partial charge in [-0.2, -0.15) is 0 Å². The third-order valence-electron chi connectivity index (χ3n) is 2.80. The van der Waals surface area contributed by atoms with Gasteiger partial charge in [-0.25, -0.2) is 13.1 Å². The first-order valence-corrected chi connectivity index (χ1v) is 7.30. The lowest BCUT2D eigenvalue weighted by molar-refractivity contribution is -0.127. The highest BCUT2D eigenvalue weighted by atomic mass is 32.2. The lowest BCUT2D eigenvalue weighted by Crippen LogP contribution is -2.48. The van der Waals surface area contributed by atoms with E-state index in [1.807, 2.05) is 0 Å². The second kappa shape index (κ2) is 5.28. The number of likely N-dealkylation sites (N-methyl/N-ethyl adjacent to an activating group) is 1. The van der Waals surface area contributed by atoms with Crippen LogP contribution in [-0.2, 0) is 14.8 Å². The Morgan fingerprint density at radius 1 is 1.71 bits per heavy atom. The molecule has 6 nitrogen and oxygen atoms in total. The highest BCUT2D eigenvalue weighted by Gasteiger charge is 2.35. The van der Waals surface area contributed by atoms with Gasteiger partial charge in [-0.1, -0.05) is 19.1 Å². The third-order valence-corrected chi connectivity index (χ3v) is 5.18. The Balaban J connectivity index is 2.80. The molecule has 0 aliphatic carbocycles. The number of carbonyl (C=O) groups excluding carboxylic acids is 1. The molecule has 0 aromatic rings. The molecule has 1 aliphatic rings. The molecule has 2 unspecified atom stereocenters. The Morgan fingerprint density at radius 3 is 2.65 bits per heavy atom. The summed E-state index contributed by atoms with van der Waals surface area (Å²) in [4.78, 5) is 13.0. The van der Waals surface area contributed by atoms with E-state index < -0.39 is 21.3 Å². The molecule has 1 saturated heterocycles. The van der Waals surface area contributed by atoms with E-state index in [1.165, 1.54) is 4.90 Å². The monoisotopic (exact) mass is 279 g/mol. The second-order valence-corrected chi connectivity index (χ2v) is 6.43. The molecular formula is C9H17N3O3S2. The molecule has 0 aromatic heterocycles. The van der Waals surface area contributed by atoms with Gasteiger partial charge in [0.15, 0.2) is 0 Å². The van der Waals surface area contributed by atoms with Crippen LogP contribution in [0.4, 0.5) is 0 Å². The molecule has 1 heterocycles. The summed E-state index contributed by atoms with van der Waals surface area (Å²) in [5.41, 5.74) is 5.39. The summed E-state index contributed by atoms with van der Waals surface area (Å²) in [7, 11) is -2.03. The molecule has 2 atom stereocenters. The van der Waals surface area contributed by atoms with Gasteiger partial charge in [0.25, 0.3) is 0 Å². The van der Waals surface area contributed by atoms with Crippen molar-refractivity contribution in [3.8, 4) is 0 Å². The van der Waals surface area contributed by atoms with Gasteiger partial charge in [0.1, 0.15) is 11.3 Å². The SMILES string of the molecule is CCC(C(N)=S)S(=O)(=O)NC1CCN(C)C1=O. The maximum atomic E-state index is 12.0. The summed E-state index contributed by atoms with van der Waals surface area (Å²) in [5.74, 6) is -0.216. The van der Waals surface area contributed by atoms with Crippen LogP contribution in [0.15, 0.2) is 0 Å². The van der Waals surface area contributed by atoms with Gasteiger partial charge >= 0.3 is 0 Å². The van der Waals surface area contributed by atoms with Gasteiger partial charge in [0.2, 0.25) is 15.9 Å². The Hall–Kier alpha value is -0.730. The number of hydrogen-bond acceptors (Lipinski definition) is 4. The van der Waals surface area contributed by atoms with E-state index in [1.54, 1.807) is 14.0 Å². The van der Waals surface area contributed by atoms with Crippen molar-refractivity contribution in [1.82, 2.24) is 9.62 Å². The Kier molecular flexibility index (Phi) is 4.45. The quantitative estimate of drug-likeness (QED) is 0.643. The number of nitrogens with two attached hydrogens (primary N) is 1. The van der Waals surface area contributed by atoms with E-state index in [9.17, 15) is 13.2 Å². The zero-order chi connectivity index (χ0) is 13.2. The maximum absolute atomic E-state index is 12.0. The summed E-state index contributed by atoms with van der Waals surface area (Å²) in [6, 6.07) is -0.687. The van der Waals surface area contributed by atoms with Crippen molar-refractivity contribution in [3.63, 3.8) is 0 Å². The minimum absolute atomic E-state index is 0.0706. The van der Waals surface area contributed by atoms with Gasteiger partial charge in [0.05, 0.1) is 4.99 Å². The van der Waals surface area contributed by atoms with Crippen LogP contribution < -0.4 is 10.5 Å². The van der Waals surface area contributed by atoms with Crippen molar-refractivity contribution in [2.45, 2.75) is 31.1 Å². The number of amides is 1. The topological polar surface area (TPSA) is 92.5 Å². The van der Waals surface area contributed by atoms with Crippen LogP contribution in [-0.4, -0.2) is 49.1 Å². The van der Waals surface area contributed by atoms with E-state index in [-0.39, 0.29) is 10.9 Å². The first-order chi connectivity index (χ1) is 7.79. The van der Waals surface area contributed by atoms with Crippen molar-refractivity contribution < 1.29 is 13.2 Å². The lowest BCUT2D eigenvalue weighted by atomic mass is 10.3. The first-order valence-electron chi connectivity index (χ1n) is 5.35. The fraction of sp³-hybridized carbons (Fsp3) is 0.778. The maximum Gasteiger partial charge on any atom is 0.240 e. The average Bonchev–Trinajstić information content (AvgIpc) is 2.49. The summed E-state index contributed by atoms with van der Waals surface area (Å²) < 4.78 is 26.3. The number of rotatable bonds is 5. The van der Waals surface area contributed by atoms with E-state index >= 15 is 0 Å². The molecular weight excluding hydrogens is 262 g/mol. The Bertz CT molecular complexity index is 421. The van der Waals surface area contributed by atoms with E-state index in [0.717, 1.165) is 0 Å². The largest absolute Gasteiger partial charge is 0.392 e. The molecule has 98 valence electrons. The highest BCUT2D eigenvalue weighted by molar-refractivity contribution is 7.93. The van der Waals surface area contributed by atoms with Crippen LogP contribution in [0.2, 0.25) is 0 Å². The molecule has 0 aromatic carbocycles. The lowest BCUT2D eigenvalue weighted by Gasteiger charge is -2.18. The van der Waals surface area contributed by atoms with E-state index in [0.29, 0.717) is 19.4 Å². The minimum atomic E-state index is -3.68. The van der Waals surface area contributed by atoms with Gasteiger partial charge in [0, 0.05) is 13.6 Å². The van der Waals surface area contributed by atoms with Crippen LogP contribution >= 0.6 is 12.2 Å². The molecule has 1 rings (SSSR count). The van der Waals surface area contributed by atoms with Crippen LogP contribution in [0.25, 0.3) is 0 Å². The van der Waals surface area contributed by atoms with Gasteiger partial charge in [-0.3, -0.25) is 4.79 Å². The predicted octanol–water partition coefficient (Wildman–Crippen LogP) is -0.799. The van der Waals surface area contributed by atoms with Crippen molar-refractivity contribution in [1.29, 1.82) is 0 Å². The second-order valence-electron chi connectivity index (χ2n) is 4.06. The number of carbonyl (C=O) groups is 1. The fourth-order valence-electron chi connectivity index (χ4n) is 1.79. The van der Waals surface area contributed by atoms with Crippen LogP contribution in [0.5, 0.6) is 0 Å². The number of hydrogen-bond donors (Lipinski definition) is 2. The van der Waals surface area contributed by atoms with Crippen molar-refractivity contribution >= 4 is 33.1 Å². The fourth-order valence-corrected chi connectivity index (χ4v) is 3.86. The van der Waals surface area contributed by atoms with Gasteiger partial charge in [-0.05, 0) is 12.8 Å². The Morgan fingerprint density at radius 2 is 2.29 bits per heavy atom. The van der Waals surface area contributed by atoms with Crippen LogP contribution in [0.1, 0.15) is 19.8 Å². The van der Waals surface area contributed by atoms with Crippen molar-refractivity contribution in [3.05, 3.63) is 0 Å². The van der Waals surface area contributed by atoms with Gasteiger partial charge in [-0.15, -0.1) is 0 Å². The number of nitrogens with one attached hydrogen (secondary N) is 1. The highest BCUT2D eigenvalue weighted by Crippen LogP contribution is 2.13. The minimum Gasteiger partial charge on any atom is -0.392 e. The van der Waals surface area contributed by atoms with Gasteiger partial charge < -0.3 is 10.6 Å². The summed E-state index contributed by atoms with van der Waals surface area (Å²) >= 11 is 4.72. The number of likely N-dealkylation sites (tertiary alicyclic amines) is 1. The average molecular weight is 279 g/mol. The standard InChI is InChI=1S/C9H17N3O3S2/c1-3-7(8(10)16)17(14,15)11-6-4-5-12(2)9(6)13/h6-7,11H,3-5H2,1-2H3,(H2,10,16). The number of thiocarbonyl (C=S) groups is 1. The van der Waals surface area contributed by atoms with E-state index in [4.69, 9.17) is 18.0 Å². The van der Waals surface area contributed by atoms with Crippen LogP contribution in [0, 0.1) is 0 Å². The molecule has 0 radical (unpaired) electrons. The van der Waals surface area contributed by atoms with Crippen molar-refractivity contribution in [2.24, 2.45) is 5.73 Å². The van der Waals surface area contributed by atoms with E-state index in [2.05, 4.69) is 4.72 Å². The zero-order valence-electron chi connectivity index (χ0n) is 9.84. The zero-order valence-corrected chi connectivity index (χ0v) is 11.5. The summed E-state index contributed by atoms with van der Waals surface area (Å²) in [6.45, 7) is 2.24. The Labute approximate surface area is 107 Å². The molecule has 0 saturated carbocycles. The third kappa shape index (κ3) is 3.14. The molecule has 8 heteroatoms. The molecule has 0 spiro atoms. The van der Waals surface area contributed by atoms with Crippen molar-refractivity contribution in [2.75, 3.05) is 13.6 Å². The number of sulfonamides is 1. The predicted molar refractivity (Wildman–Crippen MR) is 69.0 cm³/mol. The molecule has 0 bridgehead atoms. The number of nitrogens with zero attached hydrogens (tertiary/aromatic N) is 1. The molecule has 1 amide bonds. The smallest absolute Gasteiger partial charge is 0.240 e. The summed E-state index contributed by atoms with van der Waals surface area (Å²) in [5, 5.41) is -0.920. The molecule has 1 fully saturated rings. The summed E-state index contributed by atoms with van der Waals surface area (Å²) in [6.07, 6.45) is 0.768. The molecule has 17 heavy (non-hydrogen) atoms. The van der Waals surface area contributed by atoms with Crippen LogP contribution in [0.3, 0.4) is 0 Å².